The van der Waals surface area contributed by atoms with E-state index in [-0.39, 0.29) is 6.10 Å². The van der Waals surface area contributed by atoms with Gasteiger partial charge in [-0.25, -0.2) is 0 Å². The van der Waals surface area contributed by atoms with Crippen LogP contribution in [0, 0.1) is 17.8 Å². The number of aliphatic hydroxyl groups excluding tert-OH is 1. The van der Waals surface area contributed by atoms with Crippen molar-refractivity contribution in [3.05, 3.63) is 0 Å². The van der Waals surface area contributed by atoms with E-state index < -0.39 is 0 Å². The van der Waals surface area contributed by atoms with Crippen molar-refractivity contribution in [2.75, 3.05) is 0 Å². The number of hydrogen-bond acceptors (Lipinski definition) is 1. The van der Waals surface area contributed by atoms with E-state index in [1.807, 2.05) is 0 Å². The lowest BCUT2D eigenvalue weighted by Crippen LogP contribution is -2.29. The Morgan fingerprint density at radius 1 is 0.800 bits per heavy atom. The molecule has 2 saturated carbocycles. The Hall–Kier alpha value is -0.0400. The molecule has 0 heterocycles. The first-order valence-corrected chi connectivity index (χ1v) is 6.95. The average Bonchev–Trinajstić information content (AvgIpc) is 2.44. The summed E-state index contributed by atoms with van der Waals surface area (Å²) in [5, 5.41) is 10.2. The summed E-state index contributed by atoms with van der Waals surface area (Å²) in [6.07, 6.45) is 11.9. The van der Waals surface area contributed by atoms with Crippen LogP contribution in [-0.2, 0) is 0 Å². The molecule has 0 saturated heterocycles. The Bertz CT molecular complexity index is 182. The van der Waals surface area contributed by atoms with Crippen LogP contribution in [0.15, 0.2) is 0 Å². The van der Waals surface area contributed by atoms with E-state index >= 15 is 0 Å². The van der Waals surface area contributed by atoms with Gasteiger partial charge in [0.15, 0.2) is 0 Å². The minimum Gasteiger partial charge on any atom is -0.393 e. The molecule has 1 N–H and O–H groups in total. The van der Waals surface area contributed by atoms with Gasteiger partial charge in [0.1, 0.15) is 0 Å². The largest absolute Gasteiger partial charge is 0.393 e. The first-order valence-electron chi connectivity index (χ1n) is 6.95. The normalized spacial score (nSPS) is 43.6. The summed E-state index contributed by atoms with van der Waals surface area (Å²) in [6, 6.07) is 0. The van der Waals surface area contributed by atoms with Crippen molar-refractivity contribution in [2.45, 2.75) is 70.8 Å². The number of rotatable bonds is 1. The van der Waals surface area contributed by atoms with Gasteiger partial charge in [-0.05, 0) is 43.4 Å². The maximum absolute atomic E-state index is 10.2. The van der Waals surface area contributed by atoms with Gasteiger partial charge in [0.2, 0.25) is 0 Å². The predicted molar refractivity (Wildman–Crippen MR) is 63.7 cm³/mol. The van der Waals surface area contributed by atoms with Gasteiger partial charge in [0.25, 0.3) is 0 Å². The molecule has 0 aromatic heterocycles. The highest BCUT2D eigenvalue weighted by Crippen LogP contribution is 2.39. The summed E-state index contributed by atoms with van der Waals surface area (Å²) in [5.41, 5.74) is 0. The van der Waals surface area contributed by atoms with Crippen LogP contribution in [0.25, 0.3) is 0 Å². The van der Waals surface area contributed by atoms with Gasteiger partial charge in [-0.15, -0.1) is 0 Å². The molecule has 0 bridgehead atoms. The van der Waals surface area contributed by atoms with Crippen LogP contribution in [0.5, 0.6) is 0 Å². The second-order valence-corrected chi connectivity index (χ2v) is 5.89. The van der Waals surface area contributed by atoms with Crippen LogP contribution < -0.4 is 0 Å². The monoisotopic (exact) mass is 210 g/mol. The molecule has 15 heavy (non-hydrogen) atoms. The smallest absolute Gasteiger partial charge is 0.0571 e. The fourth-order valence-corrected chi connectivity index (χ4v) is 3.58. The van der Waals surface area contributed by atoms with Gasteiger partial charge in [0.05, 0.1) is 6.10 Å². The molecule has 1 heteroatoms. The highest BCUT2D eigenvalue weighted by atomic mass is 16.3. The molecule has 88 valence electrons. The first-order chi connectivity index (χ1) is 7.27. The SMILES string of the molecule is CC1CCC(C2CCCCCC2O)CC1. The van der Waals surface area contributed by atoms with Gasteiger partial charge in [-0.3, -0.25) is 0 Å². The molecule has 2 unspecified atom stereocenters. The van der Waals surface area contributed by atoms with Crippen molar-refractivity contribution in [3.8, 4) is 0 Å². The molecule has 0 amide bonds. The van der Waals surface area contributed by atoms with E-state index in [0.717, 1.165) is 18.3 Å². The Balaban J connectivity index is 1.89. The third-order valence-electron chi connectivity index (χ3n) is 4.70. The van der Waals surface area contributed by atoms with Gasteiger partial charge >= 0.3 is 0 Å². The van der Waals surface area contributed by atoms with E-state index in [9.17, 15) is 5.11 Å². The molecule has 0 aromatic rings. The molecule has 2 aliphatic carbocycles. The first kappa shape index (κ1) is 11.4. The van der Waals surface area contributed by atoms with Crippen LogP contribution in [0.4, 0.5) is 0 Å². The molecular weight excluding hydrogens is 184 g/mol. The second kappa shape index (κ2) is 5.34. The molecule has 2 fully saturated rings. The Labute approximate surface area is 94.3 Å². The molecule has 2 atom stereocenters. The highest BCUT2D eigenvalue weighted by Gasteiger charge is 2.31. The molecule has 0 aromatic carbocycles. The van der Waals surface area contributed by atoms with Crippen molar-refractivity contribution >= 4 is 0 Å². The van der Waals surface area contributed by atoms with E-state index in [4.69, 9.17) is 0 Å². The van der Waals surface area contributed by atoms with Crippen molar-refractivity contribution < 1.29 is 5.11 Å². The molecule has 0 spiro atoms. The molecule has 0 radical (unpaired) electrons. The van der Waals surface area contributed by atoms with Crippen LogP contribution in [0.2, 0.25) is 0 Å². The summed E-state index contributed by atoms with van der Waals surface area (Å²) in [4.78, 5) is 0. The van der Waals surface area contributed by atoms with E-state index in [1.54, 1.807) is 0 Å². The lowest BCUT2D eigenvalue weighted by Gasteiger charge is -2.34. The maximum Gasteiger partial charge on any atom is 0.0571 e. The zero-order chi connectivity index (χ0) is 10.7. The van der Waals surface area contributed by atoms with Crippen molar-refractivity contribution in [2.24, 2.45) is 17.8 Å². The summed E-state index contributed by atoms with van der Waals surface area (Å²) in [7, 11) is 0. The van der Waals surface area contributed by atoms with Gasteiger partial charge in [-0.2, -0.15) is 0 Å². The average molecular weight is 210 g/mol. The maximum atomic E-state index is 10.2. The summed E-state index contributed by atoms with van der Waals surface area (Å²) < 4.78 is 0. The van der Waals surface area contributed by atoms with Crippen LogP contribution in [0.3, 0.4) is 0 Å². The van der Waals surface area contributed by atoms with Crippen molar-refractivity contribution in [1.29, 1.82) is 0 Å². The summed E-state index contributed by atoms with van der Waals surface area (Å²) in [6.45, 7) is 2.37. The zero-order valence-corrected chi connectivity index (χ0v) is 10.1. The van der Waals surface area contributed by atoms with Crippen LogP contribution in [-0.4, -0.2) is 11.2 Å². The van der Waals surface area contributed by atoms with Gasteiger partial charge in [-0.1, -0.05) is 39.0 Å². The molecule has 2 rings (SSSR count). The number of aliphatic hydroxyl groups is 1. The van der Waals surface area contributed by atoms with E-state index in [1.165, 1.54) is 51.4 Å². The number of hydrogen-bond donors (Lipinski definition) is 1. The molecule has 1 nitrogen and oxygen atoms in total. The third-order valence-corrected chi connectivity index (χ3v) is 4.70. The standard InChI is InChI=1S/C14H26O/c1-11-7-9-12(10-8-11)13-5-3-2-4-6-14(13)15/h11-15H,2-10H2,1H3. The lowest BCUT2D eigenvalue weighted by atomic mass is 9.73. The zero-order valence-electron chi connectivity index (χ0n) is 10.1. The van der Waals surface area contributed by atoms with Crippen LogP contribution >= 0.6 is 0 Å². The summed E-state index contributed by atoms with van der Waals surface area (Å²) >= 11 is 0. The van der Waals surface area contributed by atoms with Crippen molar-refractivity contribution in [1.82, 2.24) is 0 Å². The molecule has 0 aliphatic heterocycles. The quantitative estimate of drug-likeness (QED) is 0.653. The topological polar surface area (TPSA) is 20.2 Å². The summed E-state index contributed by atoms with van der Waals surface area (Å²) in [5.74, 6) is 2.42. The Morgan fingerprint density at radius 2 is 1.47 bits per heavy atom. The fraction of sp³-hybridized carbons (Fsp3) is 1.00. The Kier molecular flexibility index (Phi) is 4.07. The van der Waals surface area contributed by atoms with Gasteiger partial charge < -0.3 is 5.11 Å². The third kappa shape index (κ3) is 2.96. The lowest BCUT2D eigenvalue weighted by molar-refractivity contribution is 0.0479. The molecule has 2 aliphatic rings. The highest BCUT2D eigenvalue weighted by molar-refractivity contribution is 4.82. The van der Waals surface area contributed by atoms with Crippen molar-refractivity contribution in [3.63, 3.8) is 0 Å². The minimum atomic E-state index is 0.0194. The minimum absolute atomic E-state index is 0.0194. The second-order valence-electron chi connectivity index (χ2n) is 5.89. The van der Waals surface area contributed by atoms with Crippen LogP contribution in [0.1, 0.15) is 64.7 Å². The van der Waals surface area contributed by atoms with E-state index in [2.05, 4.69) is 6.92 Å². The fourth-order valence-electron chi connectivity index (χ4n) is 3.58. The Morgan fingerprint density at radius 3 is 2.20 bits per heavy atom. The van der Waals surface area contributed by atoms with Gasteiger partial charge in [0, 0.05) is 0 Å². The molecular formula is C14H26O. The predicted octanol–water partition coefficient (Wildman–Crippen LogP) is 3.75. The van der Waals surface area contributed by atoms with E-state index in [0.29, 0.717) is 5.92 Å².